The van der Waals surface area contributed by atoms with Gasteiger partial charge in [0.25, 0.3) is 5.91 Å². The average Bonchev–Trinajstić information content (AvgIpc) is 2.73. The Bertz CT molecular complexity index is 947. The van der Waals surface area contributed by atoms with Crippen molar-refractivity contribution in [3.8, 4) is 17.2 Å². The van der Waals surface area contributed by atoms with Gasteiger partial charge in [-0.1, -0.05) is 18.2 Å². The molecule has 2 aromatic carbocycles. The van der Waals surface area contributed by atoms with E-state index in [9.17, 15) is 4.79 Å². The van der Waals surface area contributed by atoms with Gasteiger partial charge in [0.2, 0.25) is 0 Å². The van der Waals surface area contributed by atoms with E-state index >= 15 is 0 Å². The summed E-state index contributed by atoms with van der Waals surface area (Å²) in [4.78, 5) is 16.8. The maximum absolute atomic E-state index is 12.4. The molecule has 0 bridgehead atoms. The molecule has 146 valence electrons. The minimum Gasteiger partial charge on any atom is -0.495 e. The van der Waals surface area contributed by atoms with Gasteiger partial charge in [-0.15, -0.1) is 0 Å². The van der Waals surface area contributed by atoms with Crippen LogP contribution in [0.4, 0.5) is 0 Å². The quantitative estimate of drug-likeness (QED) is 0.526. The molecule has 0 fully saturated rings. The fourth-order valence-electron chi connectivity index (χ4n) is 2.75. The van der Waals surface area contributed by atoms with E-state index in [1.54, 1.807) is 32.5 Å². The van der Waals surface area contributed by atoms with Crippen molar-refractivity contribution in [3.63, 3.8) is 0 Å². The Balaban J connectivity index is 1.53. The minimum atomic E-state index is -0.198. The number of halogens is 1. The molecular formula is C21H21BrN2O4. The van der Waals surface area contributed by atoms with Crippen LogP contribution >= 0.6 is 15.9 Å². The van der Waals surface area contributed by atoms with Crippen molar-refractivity contribution in [1.82, 2.24) is 10.3 Å². The zero-order chi connectivity index (χ0) is 19.9. The van der Waals surface area contributed by atoms with Gasteiger partial charge >= 0.3 is 0 Å². The van der Waals surface area contributed by atoms with Gasteiger partial charge in [0.1, 0.15) is 27.2 Å². The molecule has 0 aliphatic rings. The van der Waals surface area contributed by atoms with E-state index in [0.29, 0.717) is 41.1 Å². The number of fused-ring (bicyclic) bond motifs is 1. The number of aromatic nitrogens is 1. The van der Waals surface area contributed by atoms with Crippen molar-refractivity contribution in [2.75, 3.05) is 27.4 Å². The molecule has 28 heavy (non-hydrogen) atoms. The molecular weight excluding hydrogens is 424 g/mol. The van der Waals surface area contributed by atoms with E-state index < -0.39 is 0 Å². The third-order valence-electron chi connectivity index (χ3n) is 4.17. The average molecular weight is 445 g/mol. The number of nitrogens with one attached hydrogen (secondary N) is 1. The Morgan fingerprint density at radius 3 is 2.50 bits per heavy atom. The summed E-state index contributed by atoms with van der Waals surface area (Å²) in [5.74, 6) is 1.62. The number of carbonyl (C=O) groups excluding carboxylic acids is 1. The van der Waals surface area contributed by atoms with Crippen molar-refractivity contribution in [1.29, 1.82) is 0 Å². The summed E-state index contributed by atoms with van der Waals surface area (Å²) in [5.41, 5.74) is 1.30. The molecule has 0 saturated carbocycles. The smallest absolute Gasteiger partial charge is 0.251 e. The lowest BCUT2D eigenvalue weighted by Gasteiger charge is -2.12. The molecule has 0 atom stereocenters. The van der Waals surface area contributed by atoms with Gasteiger partial charge in [0.15, 0.2) is 0 Å². The summed E-state index contributed by atoms with van der Waals surface area (Å²) in [5, 5.41) is 3.92. The number of para-hydroxylation sites is 1. The van der Waals surface area contributed by atoms with E-state index in [1.165, 1.54) is 0 Å². The Morgan fingerprint density at radius 2 is 1.79 bits per heavy atom. The number of amides is 1. The van der Waals surface area contributed by atoms with Crippen LogP contribution in [0, 0.1) is 0 Å². The van der Waals surface area contributed by atoms with Gasteiger partial charge in [-0.3, -0.25) is 9.78 Å². The summed E-state index contributed by atoms with van der Waals surface area (Å²) in [6.45, 7) is 0.959. The second kappa shape index (κ2) is 9.41. The highest BCUT2D eigenvalue weighted by Gasteiger charge is 2.14. The van der Waals surface area contributed by atoms with Crippen LogP contribution in [-0.4, -0.2) is 38.3 Å². The van der Waals surface area contributed by atoms with Gasteiger partial charge in [-0.2, -0.15) is 0 Å². The van der Waals surface area contributed by atoms with Crippen LogP contribution in [0.5, 0.6) is 17.2 Å². The van der Waals surface area contributed by atoms with E-state index in [1.807, 2.05) is 30.3 Å². The summed E-state index contributed by atoms with van der Waals surface area (Å²) in [7, 11) is 3.08. The van der Waals surface area contributed by atoms with Gasteiger partial charge in [0.05, 0.1) is 20.8 Å². The second-order valence-electron chi connectivity index (χ2n) is 5.98. The number of rotatable bonds is 8. The number of ether oxygens (including phenoxy) is 3. The molecule has 1 N–H and O–H groups in total. The Kier molecular flexibility index (Phi) is 6.71. The molecule has 0 saturated heterocycles. The lowest BCUT2D eigenvalue weighted by Crippen LogP contribution is -2.25. The SMILES string of the molecule is COc1cc(C(=O)NCCCOc2cccc3cccnc23)cc(OC)c1Br. The first-order chi connectivity index (χ1) is 13.6. The lowest BCUT2D eigenvalue weighted by molar-refractivity contribution is 0.0951. The largest absolute Gasteiger partial charge is 0.495 e. The van der Waals surface area contributed by atoms with Crippen LogP contribution in [0.3, 0.4) is 0 Å². The molecule has 0 spiro atoms. The van der Waals surface area contributed by atoms with E-state index in [-0.39, 0.29) is 5.91 Å². The monoisotopic (exact) mass is 444 g/mol. The lowest BCUT2D eigenvalue weighted by atomic mass is 10.2. The summed E-state index contributed by atoms with van der Waals surface area (Å²) < 4.78 is 17.1. The number of hydrogen-bond donors (Lipinski definition) is 1. The standard InChI is InChI=1S/C21H21BrN2O4/c1-26-17-12-15(13-18(27-2)19(17)22)21(25)24-10-5-11-28-16-8-3-6-14-7-4-9-23-20(14)16/h3-4,6-9,12-13H,5,10-11H2,1-2H3,(H,24,25). The highest BCUT2D eigenvalue weighted by atomic mass is 79.9. The van der Waals surface area contributed by atoms with Gasteiger partial charge < -0.3 is 19.5 Å². The van der Waals surface area contributed by atoms with Gasteiger partial charge in [-0.25, -0.2) is 0 Å². The molecule has 6 nitrogen and oxygen atoms in total. The molecule has 3 rings (SSSR count). The molecule has 0 aliphatic heterocycles. The van der Waals surface area contributed by atoms with Crippen LogP contribution in [-0.2, 0) is 0 Å². The van der Waals surface area contributed by atoms with E-state index in [2.05, 4.69) is 26.2 Å². The molecule has 1 heterocycles. The van der Waals surface area contributed by atoms with Crippen LogP contribution < -0.4 is 19.5 Å². The zero-order valence-corrected chi connectivity index (χ0v) is 17.3. The van der Waals surface area contributed by atoms with Crippen molar-refractivity contribution < 1.29 is 19.0 Å². The van der Waals surface area contributed by atoms with Crippen LogP contribution in [0.25, 0.3) is 10.9 Å². The summed E-state index contributed by atoms with van der Waals surface area (Å²) in [6.07, 6.45) is 2.41. The van der Waals surface area contributed by atoms with Crippen LogP contribution in [0.2, 0.25) is 0 Å². The number of methoxy groups -OCH3 is 2. The molecule has 0 radical (unpaired) electrons. The van der Waals surface area contributed by atoms with Crippen LogP contribution in [0.1, 0.15) is 16.8 Å². The molecule has 1 amide bonds. The van der Waals surface area contributed by atoms with Gasteiger partial charge in [-0.05, 0) is 46.6 Å². The Morgan fingerprint density at radius 1 is 1.07 bits per heavy atom. The van der Waals surface area contributed by atoms with Crippen molar-refractivity contribution in [2.24, 2.45) is 0 Å². The first-order valence-electron chi connectivity index (χ1n) is 8.80. The first kappa shape index (κ1) is 19.9. The normalized spacial score (nSPS) is 10.5. The summed E-state index contributed by atoms with van der Waals surface area (Å²) >= 11 is 3.39. The number of carbonyl (C=O) groups is 1. The molecule has 7 heteroatoms. The highest BCUT2D eigenvalue weighted by Crippen LogP contribution is 2.35. The first-order valence-corrected chi connectivity index (χ1v) is 9.59. The van der Waals surface area contributed by atoms with Crippen LogP contribution in [0.15, 0.2) is 53.1 Å². The van der Waals surface area contributed by atoms with E-state index in [4.69, 9.17) is 14.2 Å². The molecule has 1 aromatic heterocycles. The third kappa shape index (κ3) is 4.54. The van der Waals surface area contributed by atoms with Gasteiger partial charge in [0, 0.05) is 23.7 Å². The third-order valence-corrected chi connectivity index (χ3v) is 4.95. The Hall–Kier alpha value is -2.80. The fourth-order valence-corrected chi connectivity index (χ4v) is 3.30. The highest BCUT2D eigenvalue weighted by molar-refractivity contribution is 9.10. The predicted octanol–water partition coefficient (Wildman–Crippen LogP) is 4.21. The maximum Gasteiger partial charge on any atom is 0.251 e. The van der Waals surface area contributed by atoms with E-state index in [0.717, 1.165) is 16.7 Å². The molecule has 0 aliphatic carbocycles. The summed E-state index contributed by atoms with van der Waals surface area (Å²) in [6, 6.07) is 13.1. The minimum absolute atomic E-state index is 0.198. The number of nitrogens with zero attached hydrogens (tertiary/aromatic N) is 1. The molecule has 3 aromatic rings. The number of hydrogen-bond acceptors (Lipinski definition) is 5. The van der Waals surface area contributed by atoms with Crippen molar-refractivity contribution in [3.05, 3.63) is 58.7 Å². The van der Waals surface area contributed by atoms with Crippen molar-refractivity contribution in [2.45, 2.75) is 6.42 Å². The topological polar surface area (TPSA) is 69.7 Å². The maximum atomic E-state index is 12.4. The predicted molar refractivity (Wildman–Crippen MR) is 111 cm³/mol. The number of pyridine rings is 1. The second-order valence-corrected chi connectivity index (χ2v) is 6.78. The Labute approximate surface area is 171 Å². The van der Waals surface area contributed by atoms with Crippen molar-refractivity contribution >= 4 is 32.7 Å². The number of benzene rings is 2. The zero-order valence-electron chi connectivity index (χ0n) is 15.7. The molecule has 0 unspecified atom stereocenters. The fraction of sp³-hybridized carbons (Fsp3) is 0.238.